The number of pyridine rings is 1. The van der Waals surface area contributed by atoms with Crippen molar-refractivity contribution in [2.45, 2.75) is 13.5 Å². The summed E-state index contributed by atoms with van der Waals surface area (Å²) >= 11 is 0. The highest BCUT2D eigenvalue weighted by molar-refractivity contribution is 5.95. The molecule has 0 bridgehead atoms. The third-order valence-corrected chi connectivity index (χ3v) is 4.75. The standard InChI is InChI=1S/C22H19N5O2/c1-14-18(22(29)24-12-15-6-8-17(9-7-15)21(23)28)13-25-27(14)20-11-10-16-4-2-3-5-19(16)26-20/h2-11,13H,12H2,1H3,(H2,23,28)(H,24,29). The second-order valence-corrected chi connectivity index (χ2v) is 6.66. The summed E-state index contributed by atoms with van der Waals surface area (Å²) in [7, 11) is 0. The van der Waals surface area contributed by atoms with Gasteiger partial charge in [-0.25, -0.2) is 9.67 Å². The van der Waals surface area contributed by atoms with E-state index < -0.39 is 5.91 Å². The van der Waals surface area contributed by atoms with Crippen molar-refractivity contribution >= 4 is 22.7 Å². The summed E-state index contributed by atoms with van der Waals surface area (Å²) < 4.78 is 1.66. The number of nitrogens with two attached hydrogens (primary N) is 1. The molecule has 0 fully saturated rings. The van der Waals surface area contributed by atoms with Crippen molar-refractivity contribution in [1.82, 2.24) is 20.1 Å². The van der Waals surface area contributed by atoms with E-state index in [2.05, 4.69) is 15.4 Å². The zero-order valence-electron chi connectivity index (χ0n) is 15.8. The molecule has 2 aromatic heterocycles. The van der Waals surface area contributed by atoms with E-state index >= 15 is 0 Å². The summed E-state index contributed by atoms with van der Waals surface area (Å²) in [5.74, 6) is -0.0540. The Balaban J connectivity index is 1.51. The molecule has 0 radical (unpaired) electrons. The van der Waals surface area contributed by atoms with Gasteiger partial charge >= 0.3 is 0 Å². The average Bonchev–Trinajstić information content (AvgIpc) is 3.13. The van der Waals surface area contributed by atoms with Gasteiger partial charge in [-0.3, -0.25) is 9.59 Å². The Morgan fingerprint density at radius 3 is 2.55 bits per heavy atom. The van der Waals surface area contributed by atoms with E-state index in [-0.39, 0.29) is 5.91 Å². The second-order valence-electron chi connectivity index (χ2n) is 6.66. The van der Waals surface area contributed by atoms with Crippen molar-refractivity contribution in [3.8, 4) is 5.82 Å². The zero-order chi connectivity index (χ0) is 20.4. The van der Waals surface area contributed by atoms with E-state index in [1.807, 2.05) is 43.3 Å². The number of rotatable bonds is 5. The topological polar surface area (TPSA) is 103 Å². The Kier molecular flexibility index (Phi) is 4.78. The van der Waals surface area contributed by atoms with Gasteiger partial charge in [0.15, 0.2) is 5.82 Å². The third-order valence-electron chi connectivity index (χ3n) is 4.75. The molecule has 0 saturated carbocycles. The number of nitrogens with one attached hydrogen (secondary N) is 1. The molecule has 0 aliphatic heterocycles. The number of hydrogen-bond acceptors (Lipinski definition) is 4. The number of primary amides is 1. The number of carbonyl (C=O) groups excluding carboxylic acids is 2. The van der Waals surface area contributed by atoms with Crippen LogP contribution >= 0.6 is 0 Å². The Morgan fingerprint density at radius 1 is 1.03 bits per heavy atom. The second kappa shape index (κ2) is 7.55. The molecule has 3 N–H and O–H groups in total. The summed E-state index contributed by atoms with van der Waals surface area (Å²) in [5, 5.41) is 8.26. The fourth-order valence-corrected chi connectivity index (χ4v) is 3.10. The number of benzene rings is 2. The highest BCUT2D eigenvalue weighted by Crippen LogP contribution is 2.17. The summed E-state index contributed by atoms with van der Waals surface area (Å²) in [5.41, 5.74) is 8.58. The first-order valence-electron chi connectivity index (χ1n) is 9.10. The minimum atomic E-state index is -0.481. The van der Waals surface area contributed by atoms with E-state index in [1.54, 1.807) is 28.9 Å². The molecule has 0 atom stereocenters. The highest BCUT2D eigenvalue weighted by Gasteiger charge is 2.16. The summed E-state index contributed by atoms with van der Waals surface area (Å²) in [6.07, 6.45) is 1.54. The third kappa shape index (κ3) is 3.70. The van der Waals surface area contributed by atoms with Gasteiger partial charge in [-0.15, -0.1) is 0 Å². The minimum Gasteiger partial charge on any atom is -0.366 e. The summed E-state index contributed by atoms with van der Waals surface area (Å²) in [6.45, 7) is 2.16. The van der Waals surface area contributed by atoms with Crippen LogP contribution in [0, 0.1) is 6.92 Å². The van der Waals surface area contributed by atoms with Crippen molar-refractivity contribution in [3.63, 3.8) is 0 Å². The molecule has 7 heteroatoms. The normalized spacial score (nSPS) is 10.8. The summed E-state index contributed by atoms with van der Waals surface area (Å²) in [6, 6.07) is 18.5. The van der Waals surface area contributed by atoms with Crippen molar-refractivity contribution < 1.29 is 9.59 Å². The first-order chi connectivity index (χ1) is 14.0. The van der Waals surface area contributed by atoms with Crippen molar-refractivity contribution in [2.24, 2.45) is 5.73 Å². The molecule has 0 spiro atoms. The molecule has 4 aromatic rings. The van der Waals surface area contributed by atoms with Gasteiger partial charge in [0.05, 0.1) is 23.0 Å². The van der Waals surface area contributed by atoms with Crippen LogP contribution in [0.3, 0.4) is 0 Å². The van der Waals surface area contributed by atoms with Gasteiger partial charge in [-0.2, -0.15) is 5.10 Å². The molecule has 0 aliphatic rings. The van der Waals surface area contributed by atoms with Crippen LogP contribution in [0.15, 0.2) is 66.9 Å². The van der Waals surface area contributed by atoms with Crippen LogP contribution in [-0.4, -0.2) is 26.6 Å². The maximum Gasteiger partial charge on any atom is 0.255 e. The maximum atomic E-state index is 12.6. The first kappa shape index (κ1) is 18.4. The van der Waals surface area contributed by atoms with Crippen LogP contribution < -0.4 is 11.1 Å². The SMILES string of the molecule is Cc1c(C(=O)NCc2ccc(C(N)=O)cc2)cnn1-c1ccc2ccccc2n1. The van der Waals surface area contributed by atoms with Crippen molar-refractivity contribution in [3.05, 3.63) is 89.2 Å². The zero-order valence-corrected chi connectivity index (χ0v) is 15.8. The number of carbonyl (C=O) groups is 2. The fourth-order valence-electron chi connectivity index (χ4n) is 3.10. The van der Waals surface area contributed by atoms with Crippen LogP contribution in [0.25, 0.3) is 16.7 Å². The average molecular weight is 385 g/mol. The molecule has 144 valence electrons. The summed E-state index contributed by atoms with van der Waals surface area (Å²) in [4.78, 5) is 28.4. The van der Waals surface area contributed by atoms with E-state index in [1.165, 1.54) is 6.20 Å². The predicted octanol–water partition coefficient (Wildman–Crippen LogP) is 2.76. The molecule has 2 amide bonds. The van der Waals surface area contributed by atoms with Crippen molar-refractivity contribution in [1.29, 1.82) is 0 Å². The molecule has 29 heavy (non-hydrogen) atoms. The van der Waals surface area contributed by atoms with E-state index in [0.717, 1.165) is 16.5 Å². The van der Waals surface area contributed by atoms with Gasteiger partial charge in [0, 0.05) is 17.5 Å². The first-order valence-corrected chi connectivity index (χ1v) is 9.10. The molecule has 0 saturated heterocycles. The number of aromatic nitrogens is 3. The molecule has 2 aromatic carbocycles. The number of nitrogens with zero attached hydrogens (tertiary/aromatic N) is 3. The molecular formula is C22H19N5O2. The maximum absolute atomic E-state index is 12.6. The lowest BCUT2D eigenvalue weighted by Crippen LogP contribution is -2.23. The highest BCUT2D eigenvalue weighted by atomic mass is 16.2. The molecule has 2 heterocycles. The van der Waals surface area contributed by atoms with Gasteiger partial charge in [-0.05, 0) is 42.8 Å². The van der Waals surface area contributed by atoms with Crippen LogP contribution in [0.1, 0.15) is 32.0 Å². The Bertz CT molecular complexity index is 1210. The van der Waals surface area contributed by atoms with Gasteiger partial charge in [0.1, 0.15) is 0 Å². The smallest absolute Gasteiger partial charge is 0.255 e. The predicted molar refractivity (Wildman–Crippen MR) is 110 cm³/mol. The quantitative estimate of drug-likeness (QED) is 0.551. The molecule has 0 unspecified atom stereocenters. The number of fused-ring (bicyclic) bond motifs is 1. The minimum absolute atomic E-state index is 0.228. The van der Waals surface area contributed by atoms with Gasteiger partial charge in [0.2, 0.25) is 5.91 Å². The largest absolute Gasteiger partial charge is 0.366 e. The Morgan fingerprint density at radius 2 is 1.79 bits per heavy atom. The van der Waals surface area contributed by atoms with Crippen LogP contribution in [0.2, 0.25) is 0 Å². The Labute approximate surface area is 167 Å². The fraction of sp³-hybridized carbons (Fsp3) is 0.0909. The lowest BCUT2D eigenvalue weighted by atomic mass is 10.1. The molecule has 0 aliphatic carbocycles. The van der Waals surface area contributed by atoms with E-state index in [4.69, 9.17) is 5.73 Å². The number of hydrogen-bond donors (Lipinski definition) is 2. The molecule has 7 nitrogen and oxygen atoms in total. The van der Waals surface area contributed by atoms with Crippen LogP contribution in [0.5, 0.6) is 0 Å². The molecular weight excluding hydrogens is 366 g/mol. The number of para-hydroxylation sites is 1. The lowest BCUT2D eigenvalue weighted by molar-refractivity contribution is 0.0948. The van der Waals surface area contributed by atoms with Crippen molar-refractivity contribution in [2.75, 3.05) is 0 Å². The van der Waals surface area contributed by atoms with E-state index in [9.17, 15) is 9.59 Å². The van der Waals surface area contributed by atoms with Crippen LogP contribution in [0.4, 0.5) is 0 Å². The lowest BCUT2D eigenvalue weighted by Gasteiger charge is -2.07. The van der Waals surface area contributed by atoms with Crippen LogP contribution in [-0.2, 0) is 6.54 Å². The number of amides is 2. The molecule has 4 rings (SSSR count). The van der Waals surface area contributed by atoms with Gasteiger partial charge < -0.3 is 11.1 Å². The van der Waals surface area contributed by atoms with E-state index in [0.29, 0.717) is 29.2 Å². The van der Waals surface area contributed by atoms with Gasteiger partial charge in [-0.1, -0.05) is 30.3 Å². The Hall–Kier alpha value is -4.00. The monoisotopic (exact) mass is 385 g/mol. The van der Waals surface area contributed by atoms with Gasteiger partial charge in [0.25, 0.3) is 5.91 Å².